The van der Waals surface area contributed by atoms with Gasteiger partial charge in [0.2, 0.25) is 0 Å². The van der Waals surface area contributed by atoms with E-state index in [1.165, 1.54) is 0 Å². The molecule has 1 rings (SSSR count). The summed E-state index contributed by atoms with van der Waals surface area (Å²) in [7, 11) is 0. The average Bonchev–Trinajstić information content (AvgIpc) is 2.36. The Bertz CT molecular complexity index is 400. The third kappa shape index (κ3) is 4.37. The van der Waals surface area contributed by atoms with Gasteiger partial charge >= 0.3 is 0 Å². The molecule has 1 amide bonds. The van der Waals surface area contributed by atoms with Crippen molar-refractivity contribution in [1.82, 2.24) is 5.32 Å². The van der Waals surface area contributed by atoms with E-state index in [-0.39, 0.29) is 19.1 Å². The third-order valence-electron chi connectivity index (χ3n) is 2.93. The number of benzene rings is 1. The lowest BCUT2D eigenvalue weighted by atomic mass is 10.0. The molecule has 100 valence electrons. The smallest absolute Gasteiger partial charge is 0.258 e. The zero-order valence-corrected chi connectivity index (χ0v) is 11.2. The van der Waals surface area contributed by atoms with Crippen LogP contribution in [0, 0.1) is 6.92 Å². The molecule has 18 heavy (non-hydrogen) atoms. The molecule has 0 radical (unpaired) electrons. The Morgan fingerprint density at radius 2 is 2.22 bits per heavy atom. The fraction of sp³-hybridized carbons (Fsp3) is 0.500. The first kappa shape index (κ1) is 14.5. The van der Waals surface area contributed by atoms with Crippen molar-refractivity contribution in [2.24, 2.45) is 0 Å². The second-order valence-corrected chi connectivity index (χ2v) is 4.73. The lowest BCUT2D eigenvalue weighted by molar-refractivity contribution is -0.125. The molecule has 0 aromatic heterocycles. The predicted octanol–water partition coefficient (Wildman–Crippen LogP) is 1.65. The molecule has 4 nitrogen and oxygen atoms in total. The summed E-state index contributed by atoms with van der Waals surface area (Å²) < 4.78 is 5.39. The molecule has 0 fully saturated rings. The molecule has 1 aromatic carbocycles. The van der Waals surface area contributed by atoms with Gasteiger partial charge < -0.3 is 15.2 Å². The molecular weight excluding hydrogens is 230 g/mol. The number of rotatable bonds is 6. The molecule has 0 bridgehead atoms. The SMILES string of the molecule is CCC(C)(CO)NC(=O)COc1cccc(C)c1. The molecule has 0 spiro atoms. The highest BCUT2D eigenvalue weighted by Crippen LogP contribution is 2.12. The van der Waals surface area contributed by atoms with Gasteiger partial charge in [0.1, 0.15) is 5.75 Å². The molecular formula is C14H21NO3. The van der Waals surface area contributed by atoms with Crippen molar-refractivity contribution in [2.45, 2.75) is 32.7 Å². The number of amides is 1. The van der Waals surface area contributed by atoms with Gasteiger partial charge in [-0.2, -0.15) is 0 Å². The molecule has 0 heterocycles. The van der Waals surface area contributed by atoms with Crippen LogP contribution in [0.5, 0.6) is 5.75 Å². The Kier molecular flexibility index (Phi) is 5.16. The van der Waals surface area contributed by atoms with Gasteiger partial charge in [-0.15, -0.1) is 0 Å². The zero-order chi connectivity index (χ0) is 13.6. The van der Waals surface area contributed by atoms with Crippen molar-refractivity contribution in [2.75, 3.05) is 13.2 Å². The molecule has 0 aliphatic heterocycles. The Morgan fingerprint density at radius 1 is 1.50 bits per heavy atom. The van der Waals surface area contributed by atoms with Crippen molar-refractivity contribution >= 4 is 5.91 Å². The molecule has 1 atom stereocenters. The summed E-state index contributed by atoms with van der Waals surface area (Å²) in [5, 5.41) is 12.0. The number of ether oxygens (including phenoxy) is 1. The predicted molar refractivity (Wildman–Crippen MR) is 70.6 cm³/mol. The number of carbonyl (C=O) groups excluding carboxylic acids is 1. The topological polar surface area (TPSA) is 58.6 Å². The minimum absolute atomic E-state index is 0.0426. The van der Waals surface area contributed by atoms with E-state index < -0.39 is 5.54 Å². The van der Waals surface area contributed by atoms with Crippen LogP contribution in [0.15, 0.2) is 24.3 Å². The maximum absolute atomic E-state index is 11.7. The third-order valence-corrected chi connectivity index (χ3v) is 2.93. The molecule has 4 heteroatoms. The van der Waals surface area contributed by atoms with E-state index >= 15 is 0 Å². The Balaban J connectivity index is 2.47. The largest absolute Gasteiger partial charge is 0.484 e. The molecule has 2 N–H and O–H groups in total. The van der Waals surface area contributed by atoms with Gasteiger partial charge in [0.05, 0.1) is 12.1 Å². The Hall–Kier alpha value is -1.55. The highest BCUT2D eigenvalue weighted by Gasteiger charge is 2.23. The number of carbonyl (C=O) groups is 1. The van der Waals surface area contributed by atoms with Crippen LogP contribution in [0.3, 0.4) is 0 Å². The fourth-order valence-electron chi connectivity index (χ4n) is 1.47. The van der Waals surface area contributed by atoms with Gasteiger partial charge in [-0.05, 0) is 38.0 Å². The number of nitrogens with one attached hydrogen (secondary N) is 1. The quantitative estimate of drug-likeness (QED) is 0.808. The summed E-state index contributed by atoms with van der Waals surface area (Å²) in [5.74, 6) is 0.447. The first-order chi connectivity index (χ1) is 8.49. The molecule has 0 aliphatic carbocycles. The number of hydrogen-bond donors (Lipinski definition) is 2. The summed E-state index contributed by atoms with van der Waals surface area (Å²) in [6.07, 6.45) is 0.666. The van der Waals surface area contributed by atoms with Crippen LogP contribution in [0.4, 0.5) is 0 Å². The summed E-state index contributed by atoms with van der Waals surface area (Å²) in [6.45, 7) is 5.56. The number of hydrogen-bond acceptors (Lipinski definition) is 3. The lowest BCUT2D eigenvalue weighted by Crippen LogP contribution is -2.49. The van der Waals surface area contributed by atoms with Crippen LogP contribution in [0.25, 0.3) is 0 Å². The van der Waals surface area contributed by atoms with Gasteiger partial charge in [0, 0.05) is 0 Å². The minimum atomic E-state index is -0.576. The first-order valence-electron chi connectivity index (χ1n) is 6.10. The van der Waals surface area contributed by atoms with Crippen molar-refractivity contribution in [3.63, 3.8) is 0 Å². The van der Waals surface area contributed by atoms with Crippen LogP contribution in [-0.2, 0) is 4.79 Å². The van der Waals surface area contributed by atoms with Gasteiger partial charge in [-0.3, -0.25) is 4.79 Å². The van der Waals surface area contributed by atoms with Gasteiger partial charge in [-0.25, -0.2) is 0 Å². The highest BCUT2D eigenvalue weighted by molar-refractivity contribution is 5.78. The van der Waals surface area contributed by atoms with Crippen LogP contribution in [0.2, 0.25) is 0 Å². The second kappa shape index (κ2) is 6.40. The van der Waals surface area contributed by atoms with E-state index in [1.807, 2.05) is 38.1 Å². The average molecular weight is 251 g/mol. The normalized spacial score (nSPS) is 13.8. The molecule has 0 aliphatic rings. The maximum atomic E-state index is 11.7. The standard InChI is InChI=1S/C14H21NO3/c1-4-14(3,10-16)15-13(17)9-18-12-7-5-6-11(2)8-12/h5-8,16H,4,9-10H2,1-3H3,(H,15,17). The van der Waals surface area contributed by atoms with Crippen LogP contribution in [0.1, 0.15) is 25.8 Å². The number of aliphatic hydroxyl groups is 1. The molecule has 1 aromatic rings. The summed E-state index contributed by atoms with van der Waals surface area (Å²) >= 11 is 0. The number of aryl methyl sites for hydroxylation is 1. The minimum Gasteiger partial charge on any atom is -0.484 e. The monoisotopic (exact) mass is 251 g/mol. The summed E-state index contributed by atoms with van der Waals surface area (Å²) in [4.78, 5) is 11.7. The fourth-order valence-corrected chi connectivity index (χ4v) is 1.47. The van der Waals surface area contributed by atoms with E-state index in [4.69, 9.17) is 4.74 Å². The van der Waals surface area contributed by atoms with Gasteiger partial charge in [-0.1, -0.05) is 19.1 Å². The van der Waals surface area contributed by atoms with Crippen molar-refractivity contribution in [3.8, 4) is 5.75 Å². The van der Waals surface area contributed by atoms with E-state index in [0.29, 0.717) is 12.2 Å². The van der Waals surface area contributed by atoms with Crippen molar-refractivity contribution < 1.29 is 14.6 Å². The van der Waals surface area contributed by atoms with Crippen molar-refractivity contribution in [3.05, 3.63) is 29.8 Å². The van der Waals surface area contributed by atoms with Crippen LogP contribution < -0.4 is 10.1 Å². The van der Waals surface area contributed by atoms with Crippen LogP contribution >= 0.6 is 0 Å². The first-order valence-corrected chi connectivity index (χ1v) is 6.10. The number of aliphatic hydroxyl groups excluding tert-OH is 1. The maximum Gasteiger partial charge on any atom is 0.258 e. The molecule has 0 saturated carbocycles. The van der Waals surface area contributed by atoms with E-state index in [2.05, 4.69) is 5.32 Å². The van der Waals surface area contributed by atoms with Crippen LogP contribution in [-0.4, -0.2) is 29.8 Å². The van der Waals surface area contributed by atoms with Crippen molar-refractivity contribution in [1.29, 1.82) is 0 Å². The van der Waals surface area contributed by atoms with Gasteiger partial charge in [0.25, 0.3) is 5.91 Å². The lowest BCUT2D eigenvalue weighted by Gasteiger charge is -2.27. The van der Waals surface area contributed by atoms with E-state index in [9.17, 15) is 9.90 Å². The highest BCUT2D eigenvalue weighted by atomic mass is 16.5. The Labute approximate surface area is 108 Å². The van der Waals surface area contributed by atoms with Gasteiger partial charge in [0.15, 0.2) is 6.61 Å². The summed E-state index contributed by atoms with van der Waals surface area (Å²) in [6, 6.07) is 7.53. The van der Waals surface area contributed by atoms with E-state index in [0.717, 1.165) is 5.56 Å². The Morgan fingerprint density at radius 3 is 2.78 bits per heavy atom. The summed E-state index contributed by atoms with van der Waals surface area (Å²) in [5.41, 5.74) is 0.509. The molecule has 0 saturated heterocycles. The second-order valence-electron chi connectivity index (χ2n) is 4.73. The zero-order valence-electron chi connectivity index (χ0n) is 11.2. The van der Waals surface area contributed by atoms with E-state index in [1.54, 1.807) is 6.92 Å². The molecule has 1 unspecified atom stereocenters.